The van der Waals surface area contributed by atoms with E-state index in [1.807, 2.05) is 0 Å². The maximum Gasteiger partial charge on any atom is 0.153 e. The Bertz CT molecular complexity index is 672. The molecule has 2 unspecified atom stereocenters. The number of rotatable bonds is 2. The molecule has 4 rings (SSSR count). The van der Waals surface area contributed by atoms with Gasteiger partial charge in [-0.2, -0.15) is 5.10 Å². The maximum atomic E-state index is 13.2. The fraction of sp³-hybridized carbons (Fsp3) is 0.400. The number of aromatic nitrogens is 2. The zero-order chi connectivity index (χ0) is 13.9. The standard InChI is InChI=1S/C15H15ClFN3/c16-12-6-10(17)1-2-11(12)13-14(19-20-15(13)18)9-4-7-3-8(7)5-9/h1-2,6-9H,3-5H2,(H3,18,19,20). The fourth-order valence-corrected chi connectivity index (χ4v) is 3.85. The zero-order valence-corrected chi connectivity index (χ0v) is 11.6. The molecular weight excluding hydrogens is 277 g/mol. The van der Waals surface area contributed by atoms with Gasteiger partial charge in [-0.3, -0.25) is 5.10 Å². The van der Waals surface area contributed by atoms with Gasteiger partial charge in [0.15, 0.2) is 5.82 Å². The van der Waals surface area contributed by atoms with E-state index in [-0.39, 0.29) is 5.82 Å². The second-order valence-corrected chi connectivity index (χ2v) is 6.35. The minimum atomic E-state index is -0.343. The van der Waals surface area contributed by atoms with Crippen molar-refractivity contribution < 1.29 is 4.39 Å². The van der Waals surface area contributed by atoms with Crippen LogP contribution in [0.3, 0.4) is 0 Å². The van der Waals surface area contributed by atoms with Crippen LogP contribution in [0.4, 0.5) is 10.2 Å². The summed E-state index contributed by atoms with van der Waals surface area (Å²) in [4.78, 5) is 0. The molecule has 2 aromatic rings. The number of nitrogens with one attached hydrogen (secondary N) is 1. The second-order valence-electron chi connectivity index (χ2n) is 5.95. The summed E-state index contributed by atoms with van der Waals surface area (Å²) < 4.78 is 13.2. The van der Waals surface area contributed by atoms with E-state index < -0.39 is 0 Å². The number of aromatic amines is 1. The largest absolute Gasteiger partial charge is 0.382 e. The molecule has 0 bridgehead atoms. The van der Waals surface area contributed by atoms with Crippen molar-refractivity contribution in [2.24, 2.45) is 11.8 Å². The number of nitrogens with zero attached hydrogens (tertiary/aromatic N) is 1. The highest BCUT2D eigenvalue weighted by atomic mass is 35.5. The summed E-state index contributed by atoms with van der Waals surface area (Å²) in [5, 5.41) is 7.59. The molecule has 3 nitrogen and oxygen atoms in total. The minimum absolute atomic E-state index is 0.343. The van der Waals surface area contributed by atoms with Crippen LogP contribution in [-0.4, -0.2) is 10.2 Å². The molecule has 0 spiro atoms. The molecule has 3 N–H and O–H groups in total. The normalized spacial score (nSPS) is 27.6. The summed E-state index contributed by atoms with van der Waals surface area (Å²) in [6.07, 6.45) is 3.75. The van der Waals surface area contributed by atoms with Crippen molar-refractivity contribution in [2.45, 2.75) is 25.2 Å². The number of benzene rings is 1. The third-order valence-electron chi connectivity index (χ3n) is 4.67. The van der Waals surface area contributed by atoms with Crippen molar-refractivity contribution in [3.05, 3.63) is 34.7 Å². The van der Waals surface area contributed by atoms with Gasteiger partial charge in [-0.15, -0.1) is 0 Å². The van der Waals surface area contributed by atoms with E-state index in [0.717, 1.165) is 28.7 Å². The number of anilines is 1. The lowest BCUT2D eigenvalue weighted by molar-refractivity contribution is 0.607. The lowest BCUT2D eigenvalue weighted by atomic mass is 9.93. The van der Waals surface area contributed by atoms with E-state index in [1.54, 1.807) is 6.07 Å². The molecule has 0 aliphatic heterocycles. The Kier molecular flexibility index (Phi) is 2.58. The Morgan fingerprint density at radius 3 is 2.70 bits per heavy atom. The molecule has 1 aromatic carbocycles. The van der Waals surface area contributed by atoms with E-state index in [9.17, 15) is 4.39 Å². The highest BCUT2D eigenvalue weighted by Crippen LogP contribution is 2.58. The molecule has 2 atom stereocenters. The van der Waals surface area contributed by atoms with Crippen LogP contribution in [0.25, 0.3) is 11.1 Å². The van der Waals surface area contributed by atoms with E-state index in [0.29, 0.717) is 16.8 Å². The van der Waals surface area contributed by atoms with E-state index >= 15 is 0 Å². The SMILES string of the molecule is Nc1n[nH]c(C2CC3CC3C2)c1-c1ccc(F)cc1Cl. The van der Waals surface area contributed by atoms with Crippen molar-refractivity contribution in [3.8, 4) is 11.1 Å². The highest BCUT2D eigenvalue weighted by Gasteiger charge is 2.47. The lowest BCUT2D eigenvalue weighted by Crippen LogP contribution is -1.99. The van der Waals surface area contributed by atoms with Crippen molar-refractivity contribution in [2.75, 3.05) is 5.73 Å². The van der Waals surface area contributed by atoms with Crippen LogP contribution in [0.2, 0.25) is 5.02 Å². The Labute approximate surface area is 121 Å². The van der Waals surface area contributed by atoms with Crippen molar-refractivity contribution in [3.63, 3.8) is 0 Å². The third-order valence-corrected chi connectivity index (χ3v) is 4.99. The summed E-state index contributed by atoms with van der Waals surface area (Å²) in [6, 6.07) is 4.40. The Balaban J connectivity index is 1.78. The van der Waals surface area contributed by atoms with Crippen LogP contribution in [0.1, 0.15) is 30.9 Å². The number of hydrogen-bond donors (Lipinski definition) is 2. The molecular formula is C15H15ClFN3. The van der Waals surface area contributed by atoms with Gasteiger partial charge in [0.2, 0.25) is 0 Å². The van der Waals surface area contributed by atoms with Crippen LogP contribution in [0, 0.1) is 17.7 Å². The number of nitrogens with two attached hydrogens (primary N) is 1. The summed E-state index contributed by atoms with van der Waals surface area (Å²) >= 11 is 6.17. The molecule has 2 aliphatic carbocycles. The molecule has 5 heteroatoms. The summed E-state index contributed by atoms with van der Waals surface area (Å²) in [6.45, 7) is 0. The van der Waals surface area contributed by atoms with Gasteiger partial charge in [-0.05, 0) is 49.3 Å². The van der Waals surface area contributed by atoms with E-state index in [2.05, 4.69) is 10.2 Å². The topological polar surface area (TPSA) is 54.7 Å². The fourth-order valence-electron chi connectivity index (χ4n) is 3.59. The monoisotopic (exact) mass is 291 g/mol. The number of hydrogen-bond acceptors (Lipinski definition) is 2. The Hall–Kier alpha value is -1.55. The molecule has 2 fully saturated rings. The maximum absolute atomic E-state index is 13.2. The average molecular weight is 292 g/mol. The molecule has 2 aliphatic rings. The van der Waals surface area contributed by atoms with Crippen LogP contribution < -0.4 is 5.73 Å². The van der Waals surface area contributed by atoms with Gasteiger partial charge in [-0.1, -0.05) is 11.6 Å². The van der Waals surface area contributed by atoms with Crippen LogP contribution in [0.15, 0.2) is 18.2 Å². The molecule has 20 heavy (non-hydrogen) atoms. The zero-order valence-electron chi connectivity index (χ0n) is 10.9. The molecule has 1 heterocycles. The van der Waals surface area contributed by atoms with Crippen LogP contribution in [0.5, 0.6) is 0 Å². The highest BCUT2D eigenvalue weighted by molar-refractivity contribution is 6.33. The first-order valence-electron chi connectivity index (χ1n) is 6.92. The molecule has 1 aromatic heterocycles. The van der Waals surface area contributed by atoms with Crippen LogP contribution in [-0.2, 0) is 0 Å². The summed E-state index contributed by atoms with van der Waals surface area (Å²) in [5.74, 6) is 2.32. The Morgan fingerprint density at radius 1 is 1.25 bits per heavy atom. The van der Waals surface area contributed by atoms with Gasteiger partial charge in [0.25, 0.3) is 0 Å². The molecule has 0 saturated heterocycles. The first-order valence-corrected chi connectivity index (χ1v) is 7.30. The van der Waals surface area contributed by atoms with Gasteiger partial charge < -0.3 is 5.73 Å². The molecule has 0 amide bonds. The van der Waals surface area contributed by atoms with Crippen LogP contribution >= 0.6 is 11.6 Å². The molecule has 2 saturated carbocycles. The van der Waals surface area contributed by atoms with Crippen molar-refractivity contribution >= 4 is 17.4 Å². The smallest absolute Gasteiger partial charge is 0.153 e. The summed E-state index contributed by atoms with van der Waals surface area (Å²) in [7, 11) is 0. The van der Waals surface area contributed by atoms with Gasteiger partial charge in [0, 0.05) is 22.7 Å². The first kappa shape index (κ1) is 12.2. The average Bonchev–Trinajstić information content (AvgIpc) is 2.83. The summed E-state index contributed by atoms with van der Waals surface area (Å²) in [5.41, 5.74) is 8.67. The number of nitrogen functional groups attached to an aromatic ring is 1. The number of H-pyrrole nitrogens is 1. The quantitative estimate of drug-likeness (QED) is 0.880. The lowest BCUT2D eigenvalue weighted by Gasteiger charge is -2.13. The minimum Gasteiger partial charge on any atom is -0.382 e. The van der Waals surface area contributed by atoms with Gasteiger partial charge in [0.05, 0.1) is 5.02 Å². The van der Waals surface area contributed by atoms with Crippen molar-refractivity contribution in [1.82, 2.24) is 10.2 Å². The van der Waals surface area contributed by atoms with E-state index in [1.165, 1.54) is 31.4 Å². The number of fused-ring (bicyclic) bond motifs is 1. The van der Waals surface area contributed by atoms with Gasteiger partial charge in [-0.25, -0.2) is 4.39 Å². The van der Waals surface area contributed by atoms with Gasteiger partial charge >= 0.3 is 0 Å². The number of halogens is 2. The second kappa shape index (κ2) is 4.22. The van der Waals surface area contributed by atoms with Crippen molar-refractivity contribution in [1.29, 1.82) is 0 Å². The third kappa shape index (κ3) is 1.82. The Morgan fingerprint density at radius 2 is 2.00 bits per heavy atom. The van der Waals surface area contributed by atoms with Gasteiger partial charge in [0.1, 0.15) is 5.82 Å². The van der Waals surface area contributed by atoms with E-state index in [4.69, 9.17) is 17.3 Å². The first-order chi connectivity index (χ1) is 9.63. The predicted molar refractivity (Wildman–Crippen MR) is 77.0 cm³/mol. The predicted octanol–water partition coefficient (Wildman–Crippen LogP) is 3.96. The molecule has 0 radical (unpaired) electrons. The molecule has 104 valence electrons.